The van der Waals surface area contributed by atoms with Gasteiger partial charge in [-0.3, -0.25) is 9.59 Å². The largest absolute Gasteiger partial charge is 0.355 e. The Bertz CT molecular complexity index is 235. The van der Waals surface area contributed by atoms with Crippen molar-refractivity contribution in [3.8, 4) is 0 Å². The second-order valence-corrected chi connectivity index (χ2v) is 4.40. The van der Waals surface area contributed by atoms with Crippen molar-refractivity contribution in [1.29, 1.82) is 0 Å². The Balaban J connectivity index is 2.15. The van der Waals surface area contributed by atoms with Crippen molar-refractivity contribution in [1.82, 2.24) is 10.6 Å². The number of carbonyl (C=O) groups excluding carboxylic acids is 2. The lowest BCUT2D eigenvalue weighted by Crippen LogP contribution is -2.40. The molecule has 4 heteroatoms. The molecule has 0 atom stereocenters. The summed E-state index contributed by atoms with van der Waals surface area (Å²) in [5.74, 6) is 0.0880. The van der Waals surface area contributed by atoms with Crippen molar-refractivity contribution in [2.45, 2.75) is 45.4 Å². The van der Waals surface area contributed by atoms with Crippen LogP contribution in [0.3, 0.4) is 0 Å². The highest BCUT2D eigenvalue weighted by atomic mass is 16.2. The van der Waals surface area contributed by atoms with Crippen LogP contribution in [-0.2, 0) is 9.59 Å². The molecule has 0 aromatic carbocycles. The number of amides is 2. The first kappa shape index (κ1) is 13.0. The summed E-state index contributed by atoms with van der Waals surface area (Å²) in [7, 11) is 0. The SMILES string of the molecule is CCCNC(=O)CNC(=O)C1CCCCC1. The standard InChI is InChI=1S/C12H22N2O2/c1-2-8-13-11(15)9-14-12(16)10-6-4-3-5-7-10/h10H,2-9H2,1H3,(H,13,15)(H,14,16). The van der Waals surface area contributed by atoms with Crippen molar-refractivity contribution < 1.29 is 9.59 Å². The van der Waals surface area contributed by atoms with Crippen LogP contribution in [0.15, 0.2) is 0 Å². The molecule has 0 spiro atoms. The third-order valence-corrected chi connectivity index (χ3v) is 2.97. The molecule has 1 fully saturated rings. The van der Waals surface area contributed by atoms with Crippen LogP contribution in [0, 0.1) is 5.92 Å². The average Bonchev–Trinajstić information content (AvgIpc) is 2.34. The Kier molecular flexibility index (Phi) is 5.90. The van der Waals surface area contributed by atoms with E-state index in [2.05, 4.69) is 10.6 Å². The lowest BCUT2D eigenvalue weighted by atomic mass is 9.89. The maximum Gasteiger partial charge on any atom is 0.239 e. The van der Waals surface area contributed by atoms with Gasteiger partial charge in [-0.1, -0.05) is 26.2 Å². The molecule has 92 valence electrons. The van der Waals surface area contributed by atoms with Gasteiger partial charge in [0.25, 0.3) is 0 Å². The third kappa shape index (κ3) is 4.64. The lowest BCUT2D eigenvalue weighted by Gasteiger charge is -2.20. The molecule has 0 saturated heterocycles. The summed E-state index contributed by atoms with van der Waals surface area (Å²) in [6.45, 7) is 2.80. The van der Waals surface area contributed by atoms with Gasteiger partial charge in [0, 0.05) is 12.5 Å². The summed E-state index contributed by atoms with van der Waals surface area (Å²) >= 11 is 0. The van der Waals surface area contributed by atoms with Gasteiger partial charge in [0.15, 0.2) is 0 Å². The minimum Gasteiger partial charge on any atom is -0.355 e. The molecule has 1 aliphatic rings. The number of nitrogens with one attached hydrogen (secondary N) is 2. The van der Waals surface area contributed by atoms with Gasteiger partial charge in [-0.2, -0.15) is 0 Å². The molecule has 2 amide bonds. The highest BCUT2D eigenvalue weighted by Gasteiger charge is 2.20. The first-order valence-electron chi connectivity index (χ1n) is 6.28. The van der Waals surface area contributed by atoms with E-state index in [4.69, 9.17) is 0 Å². The van der Waals surface area contributed by atoms with Crippen LogP contribution >= 0.6 is 0 Å². The van der Waals surface area contributed by atoms with Gasteiger partial charge in [-0.15, -0.1) is 0 Å². The zero-order valence-corrected chi connectivity index (χ0v) is 10.1. The molecule has 16 heavy (non-hydrogen) atoms. The summed E-state index contributed by atoms with van der Waals surface area (Å²) in [5, 5.41) is 5.45. The van der Waals surface area contributed by atoms with Crippen LogP contribution in [0.1, 0.15) is 45.4 Å². The molecule has 0 aromatic heterocycles. The predicted molar refractivity (Wildman–Crippen MR) is 62.9 cm³/mol. The zero-order valence-electron chi connectivity index (χ0n) is 10.1. The summed E-state index contributed by atoms with van der Waals surface area (Å²) in [6.07, 6.45) is 6.38. The number of hydrogen-bond donors (Lipinski definition) is 2. The summed E-state index contributed by atoms with van der Waals surface area (Å²) in [5.41, 5.74) is 0. The molecule has 0 heterocycles. The van der Waals surface area contributed by atoms with E-state index in [0.29, 0.717) is 6.54 Å². The van der Waals surface area contributed by atoms with Crippen LogP contribution < -0.4 is 10.6 Å². The van der Waals surface area contributed by atoms with Crippen LogP contribution in [0.25, 0.3) is 0 Å². The van der Waals surface area contributed by atoms with Crippen LogP contribution in [0.4, 0.5) is 0 Å². The first-order valence-corrected chi connectivity index (χ1v) is 6.28. The van der Waals surface area contributed by atoms with Crippen molar-refractivity contribution in [2.24, 2.45) is 5.92 Å². The quantitative estimate of drug-likeness (QED) is 0.740. The highest BCUT2D eigenvalue weighted by molar-refractivity contribution is 5.85. The molecule has 1 saturated carbocycles. The summed E-state index contributed by atoms with van der Waals surface area (Å²) < 4.78 is 0. The fourth-order valence-electron chi connectivity index (χ4n) is 2.00. The van der Waals surface area contributed by atoms with Gasteiger partial charge < -0.3 is 10.6 Å². The van der Waals surface area contributed by atoms with E-state index in [9.17, 15) is 9.59 Å². The van der Waals surface area contributed by atoms with E-state index >= 15 is 0 Å². The van der Waals surface area contributed by atoms with Crippen LogP contribution in [0.2, 0.25) is 0 Å². The molecular weight excluding hydrogens is 204 g/mol. The van der Waals surface area contributed by atoms with Gasteiger partial charge in [-0.25, -0.2) is 0 Å². The maximum absolute atomic E-state index is 11.7. The summed E-state index contributed by atoms with van der Waals surface area (Å²) in [4.78, 5) is 22.9. The molecule has 2 N–H and O–H groups in total. The average molecular weight is 226 g/mol. The Morgan fingerprint density at radius 2 is 1.81 bits per heavy atom. The molecule has 0 unspecified atom stereocenters. The molecule has 0 aliphatic heterocycles. The number of carbonyl (C=O) groups is 2. The lowest BCUT2D eigenvalue weighted by molar-refractivity contribution is -0.129. The Morgan fingerprint density at radius 3 is 2.44 bits per heavy atom. The second-order valence-electron chi connectivity index (χ2n) is 4.40. The fraction of sp³-hybridized carbons (Fsp3) is 0.833. The van der Waals surface area contributed by atoms with Gasteiger partial charge >= 0.3 is 0 Å². The third-order valence-electron chi connectivity index (χ3n) is 2.97. The summed E-state index contributed by atoms with van der Waals surface area (Å²) in [6, 6.07) is 0. The predicted octanol–water partition coefficient (Wildman–Crippen LogP) is 1.21. The molecule has 0 aromatic rings. The molecule has 4 nitrogen and oxygen atoms in total. The Morgan fingerprint density at radius 1 is 1.12 bits per heavy atom. The number of rotatable bonds is 5. The molecule has 1 rings (SSSR count). The van der Waals surface area contributed by atoms with Gasteiger partial charge in [-0.05, 0) is 19.3 Å². The second kappa shape index (κ2) is 7.25. The van der Waals surface area contributed by atoms with Crippen molar-refractivity contribution in [3.05, 3.63) is 0 Å². The highest BCUT2D eigenvalue weighted by Crippen LogP contribution is 2.23. The van der Waals surface area contributed by atoms with E-state index in [1.165, 1.54) is 6.42 Å². The first-order chi connectivity index (χ1) is 7.74. The van der Waals surface area contributed by atoms with E-state index in [-0.39, 0.29) is 24.3 Å². The van der Waals surface area contributed by atoms with E-state index in [0.717, 1.165) is 32.1 Å². The monoisotopic (exact) mass is 226 g/mol. The van der Waals surface area contributed by atoms with Crippen molar-refractivity contribution in [2.75, 3.05) is 13.1 Å². The zero-order chi connectivity index (χ0) is 11.8. The molecular formula is C12H22N2O2. The number of hydrogen-bond acceptors (Lipinski definition) is 2. The topological polar surface area (TPSA) is 58.2 Å². The molecule has 0 radical (unpaired) electrons. The van der Waals surface area contributed by atoms with E-state index in [1.54, 1.807) is 0 Å². The Hall–Kier alpha value is -1.06. The van der Waals surface area contributed by atoms with Crippen LogP contribution in [0.5, 0.6) is 0 Å². The smallest absolute Gasteiger partial charge is 0.239 e. The van der Waals surface area contributed by atoms with Crippen molar-refractivity contribution in [3.63, 3.8) is 0 Å². The van der Waals surface area contributed by atoms with E-state index < -0.39 is 0 Å². The normalized spacial score (nSPS) is 16.8. The van der Waals surface area contributed by atoms with Gasteiger partial charge in [0.05, 0.1) is 6.54 Å². The Labute approximate surface area is 97.2 Å². The van der Waals surface area contributed by atoms with Crippen molar-refractivity contribution >= 4 is 11.8 Å². The van der Waals surface area contributed by atoms with Gasteiger partial charge in [0.2, 0.25) is 11.8 Å². The van der Waals surface area contributed by atoms with Crippen LogP contribution in [-0.4, -0.2) is 24.9 Å². The molecule has 1 aliphatic carbocycles. The fourth-order valence-corrected chi connectivity index (χ4v) is 2.00. The van der Waals surface area contributed by atoms with Gasteiger partial charge in [0.1, 0.15) is 0 Å². The maximum atomic E-state index is 11.7. The minimum atomic E-state index is -0.0917. The minimum absolute atomic E-state index is 0.0475. The molecule has 0 bridgehead atoms. The van der Waals surface area contributed by atoms with E-state index in [1.807, 2.05) is 6.92 Å².